The molecule has 0 saturated carbocycles. The molecule has 7 heterocycles. The summed E-state index contributed by atoms with van der Waals surface area (Å²) in [5, 5.41) is 14.4. The van der Waals surface area contributed by atoms with Gasteiger partial charge in [-0.25, -0.2) is 64.8 Å². The maximum absolute atomic E-state index is 11.4. The van der Waals surface area contributed by atoms with Gasteiger partial charge in [-0.1, -0.05) is 72.8 Å². The van der Waals surface area contributed by atoms with Gasteiger partial charge in [0.15, 0.2) is 23.3 Å². The molecule has 0 unspecified atom stereocenters. The lowest BCUT2D eigenvalue weighted by atomic mass is 9.94. The number of aromatic nitrogens is 15. The molecule has 1 aliphatic carbocycles. The van der Waals surface area contributed by atoms with Gasteiger partial charge in [0.1, 0.15) is 46.6 Å². The lowest BCUT2D eigenvalue weighted by molar-refractivity contribution is 0.880. The summed E-state index contributed by atoms with van der Waals surface area (Å²) in [5.41, 5.74) is 13.1. The highest BCUT2D eigenvalue weighted by Gasteiger charge is 2.29. The predicted octanol–water partition coefficient (Wildman–Crippen LogP) is 12.0. The third kappa shape index (κ3) is 8.38. The van der Waals surface area contributed by atoms with E-state index < -0.39 is 0 Å². The summed E-state index contributed by atoms with van der Waals surface area (Å²) in [6.45, 7) is 15.1. The maximum Gasteiger partial charge on any atom is 0.163 e. The maximum atomic E-state index is 11.4. The molecule has 0 N–H and O–H groups in total. The number of benzene rings is 5. The Morgan fingerprint density at radius 1 is 0.385 bits per heavy atom. The van der Waals surface area contributed by atoms with Crippen LogP contribution in [0.3, 0.4) is 0 Å². The Kier molecular flexibility index (Phi) is 11.3. The van der Waals surface area contributed by atoms with Crippen LogP contribution in [0.25, 0.3) is 112 Å². The summed E-state index contributed by atoms with van der Waals surface area (Å²) in [4.78, 5) is 62.3. The van der Waals surface area contributed by atoms with E-state index in [2.05, 4.69) is 114 Å². The molecule has 5 aromatic carbocycles. The molecule has 0 bridgehead atoms. The number of pyridine rings is 1. The van der Waals surface area contributed by atoms with E-state index in [1.807, 2.05) is 97.9 Å². The van der Waals surface area contributed by atoms with Crippen molar-refractivity contribution in [2.24, 2.45) is 0 Å². The Morgan fingerprint density at radius 2 is 0.821 bits per heavy atom. The van der Waals surface area contributed by atoms with E-state index in [4.69, 9.17) is 44.9 Å². The Hall–Kier alpha value is -10.1. The molecule has 0 atom stereocenters. The van der Waals surface area contributed by atoms with Crippen LogP contribution in [0.4, 0.5) is 0 Å². The van der Waals surface area contributed by atoms with Gasteiger partial charge in [0.25, 0.3) is 0 Å². The number of fused-ring (bicyclic) bond motifs is 6. The van der Waals surface area contributed by atoms with Crippen LogP contribution in [0.5, 0.6) is 0 Å². The molecular weight excluding hydrogens is 969 g/mol. The SMILES string of the molecule is Cc1nc(C)nc(C2=Cc3c(c4ccc(-c5nc(C)nc(C)n5)cc4n3-c3cc(C#N)cc(-n4c5cc(-c6nc(C)nc(C)n6)ccc5c5ccc(-c6nc(C)nc(C)n6)cc54)c3-c3cccc(-c4ccccc4)n3)CC2)n1. The molecule has 0 aliphatic heterocycles. The van der Waals surface area contributed by atoms with Crippen LogP contribution < -0.4 is 0 Å². The lowest BCUT2D eigenvalue weighted by Crippen LogP contribution is -2.10. The van der Waals surface area contributed by atoms with E-state index in [1.165, 1.54) is 0 Å². The molecule has 0 spiro atoms. The van der Waals surface area contributed by atoms with Crippen LogP contribution in [0.1, 0.15) is 75.7 Å². The summed E-state index contributed by atoms with van der Waals surface area (Å²) in [5.74, 6) is 7.32. The van der Waals surface area contributed by atoms with E-state index in [-0.39, 0.29) is 0 Å². The third-order valence-corrected chi connectivity index (χ3v) is 14.1. The van der Waals surface area contributed by atoms with Gasteiger partial charge in [0, 0.05) is 44.0 Å². The van der Waals surface area contributed by atoms with Gasteiger partial charge < -0.3 is 9.13 Å². The molecule has 16 heteroatoms. The fourth-order valence-electron chi connectivity index (χ4n) is 11.0. The smallest absolute Gasteiger partial charge is 0.163 e. The van der Waals surface area contributed by atoms with E-state index in [0.29, 0.717) is 99.7 Å². The Morgan fingerprint density at radius 3 is 1.31 bits per heavy atom. The van der Waals surface area contributed by atoms with Crippen molar-refractivity contribution in [2.75, 3.05) is 0 Å². The fourth-order valence-corrected chi connectivity index (χ4v) is 11.0. The normalized spacial score (nSPS) is 12.3. The summed E-state index contributed by atoms with van der Waals surface area (Å²) in [6, 6.07) is 41.9. The van der Waals surface area contributed by atoms with Crippen LogP contribution in [0, 0.1) is 66.7 Å². The monoisotopic (exact) mass is 1020 g/mol. The van der Waals surface area contributed by atoms with Gasteiger partial charge in [-0.2, -0.15) is 5.26 Å². The van der Waals surface area contributed by atoms with E-state index >= 15 is 0 Å². The average Bonchev–Trinajstić information content (AvgIpc) is 4.10. The first kappa shape index (κ1) is 47.6. The van der Waals surface area contributed by atoms with E-state index in [0.717, 1.165) is 88.7 Å². The average molecular weight is 1020 g/mol. The second kappa shape index (κ2) is 18.6. The van der Waals surface area contributed by atoms with Gasteiger partial charge >= 0.3 is 0 Å². The standard InChI is InChI=1S/C62H48N16/c1-32-64-33(2)69-59(68-32)42-17-21-46-47-22-18-43(60-70-34(3)65-35(4)71-60)28-53(47)77(52(46)27-42)56-25-40(31-63)26-57(58(56)51-16-12-15-50(76-51)41-13-10-9-11-14-41)78-54-29-44(61-72-36(5)66-37(6)73-61)19-23-48(54)49-24-20-45(30-55(49)78)62-74-38(7)67-39(8)75-62/h9-19,21-23,25-30H,20,24H2,1-8H3. The molecule has 0 radical (unpaired) electrons. The first-order valence-electron chi connectivity index (χ1n) is 25.7. The first-order chi connectivity index (χ1) is 37.8. The van der Waals surface area contributed by atoms with Gasteiger partial charge in [0.05, 0.1) is 56.6 Å². The summed E-state index contributed by atoms with van der Waals surface area (Å²) < 4.78 is 4.52. The highest BCUT2D eigenvalue weighted by Crippen LogP contribution is 2.46. The molecule has 12 aromatic rings. The van der Waals surface area contributed by atoms with Crippen molar-refractivity contribution in [3.63, 3.8) is 0 Å². The molecule has 376 valence electrons. The summed E-state index contributed by atoms with van der Waals surface area (Å²) in [6.07, 6.45) is 3.60. The van der Waals surface area contributed by atoms with Crippen molar-refractivity contribution in [1.29, 1.82) is 5.26 Å². The molecule has 0 fully saturated rings. The second-order valence-corrected chi connectivity index (χ2v) is 19.7. The van der Waals surface area contributed by atoms with Crippen LogP contribution in [-0.4, -0.2) is 73.9 Å². The second-order valence-electron chi connectivity index (χ2n) is 19.7. The van der Waals surface area contributed by atoms with E-state index in [9.17, 15) is 5.26 Å². The first-order valence-corrected chi connectivity index (χ1v) is 25.7. The Labute approximate surface area is 448 Å². The highest BCUT2D eigenvalue weighted by atomic mass is 15.1. The topological polar surface area (TPSA) is 201 Å². The van der Waals surface area contributed by atoms with Crippen molar-refractivity contribution >= 4 is 44.4 Å². The molecular formula is C62H48N16. The van der Waals surface area contributed by atoms with Gasteiger partial charge in [-0.3, -0.25) is 0 Å². The van der Waals surface area contributed by atoms with Gasteiger partial charge in [-0.05, 0) is 128 Å². The van der Waals surface area contributed by atoms with Crippen molar-refractivity contribution < 1.29 is 0 Å². The molecule has 1 aliphatic rings. The zero-order chi connectivity index (χ0) is 53.5. The summed E-state index contributed by atoms with van der Waals surface area (Å²) in [7, 11) is 0. The predicted molar refractivity (Wildman–Crippen MR) is 301 cm³/mol. The number of nitrogens with zero attached hydrogens (tertiary/aromatic N) is 16. The van der Waals surface area contributed by atoms with Crippen molar-refractivity contribution in [3.05, 3.63) is 185 Å². The molecule has 78 heavy (non-hydrogen) atoms. The minimum Gasteiger partial charge on any atom is -0.309 e. The van der Waals surface area contributed by atoms with Gasteiger partial charge in [-0.15, -0.1) is 0 Å². The number of allylic oxidation sites excluding steroid dienone is 1. The largest absolute Gasteiger partial charge is 0.309 e. The van der Waals surface area contributed by atoms with Crippen LogP contribution in [0.15, 0.2) is 115 Å². The molecule has 7 aromatic heterocycles. The Bertz CT molecular complexity index is 4370. The molecule has 0 saturated heterocycles. The van der Waals surface area contributed by atoms with Gasteiger partial charge in [0.2, 0.25) is 0 Å². The third-order valence-electron chi connectivity index (χ3n) is 14.1. The minimum absolute atomic E-state index is 0.428. The highest BCUT2D eigenvalue weighted by molar-refractivity contribution is 6.12. The molecule has 13 rings (SSSR count). The number of hydrogen-bond acceptors (Lipinski definition) is 14. The minimum atomic E-state index is 0.428. The van der Waals surface area contributed by atoms with Crippen LogP contribution in [-0.2, 0) is 6.42 Å². The number of hydrogen-bond donors (Lipinski definition) is 0. The molecule has 16 nitrogen and oxygen atoms in total. The Balaban J connectivity index is 1.20. The zero-order valence-electron chi connectivity index (χ0n) is 44.1. The van der Waals surface area contributed by atoms with Crippen molar-refractivity contribution in [1.82, 2.24) is 73.9 Å². The number of rotatable bonds is 8. The molecule has 0 amide bonds. The van der Waals surface area contributed by atoms with Crippen molar-refractivity contribution in [2.45, 2.75) is 68.2 Å². The summed E-state index contributed by atoms with van der Waals surface area (Å²) >= 11 is 0. The van der Waals surface area contributed by atoms with E-state index in [1.54, 1.807) is 0 Å². The fraction of sp³-hybridized carbons (Fsp3) is 0.161. The van der Waals surface area contributed by atoms with Crippen molar-refractivity contribution in [3.8, 4) is 74.1 Å². The van der Waals surface area contributed by atoms with Crippen LogP contribution >= 0.6 is 0 Å². The lowest BCUT2D eigenvalue weighted by Gasteiger charge is -2.22. The quantitative estimate of drug-likeness (QED) is 0.139. The zero-order valence-corrected chi connectivity index (χ0v) is 44.1. The number of aryl methyl sites for hydroxylation is 9. The van der Waals surface area contributed by atoms with Crippen LogP contribution in [0.2, 0.25) is 0 Å². The number of nitriles is 1.